The topological polar surface area (TPSA) is 32.3 Å². The van der Waals surface area contributed by atoms with E-state index >= 15 is 0 Å². The van der Waals surface area contributed by atoms with Crippen molar-refractivity contribution in [3.8, 4) is 0 Å². The van der Waals surface area contributed by atoms with Gasteiger partial charge in [-0.1, -0.05) is 36.8 Å². The van der Waals surface area contributed by atoms with E-state index in [4.69, 9.17) is 0 Å². The third-order valence-corrected chi connectivity index (χ3v) is 6.71. The Morgan fingerprint density at radius 3 is 2.42 bits per heavy atom. The number of nitrogens with one attached hydrogen (secondary N) is 1. The number of carbonyl (C=O) groups is 1. The van der Waals surface area contributed by atoms with Crippen molar-refractivity contribution in [1.29, 1.82) is 0 Å². The molecule has 26 heavy (non-hydrogen) atoms. The third-order valence-electron chi connectivity index (χ3n) is 6.71. The summed E-state index contributed by atoms with van der Waals surface area (Å²) in [5.74, 6) is 1.52. The third kappa shape index (κ3) is 4.09. The Bertz CT molecular complexity index is 605. The summed E-state index contributed by atoms with van der Waals surface area (Å²) in [6.07, 6.45) is 8.13. The number of hydrogen-bond donors (Lipinski definition) is 1. The molecular weight excluding hydrogens is 344 g/mol. The van der Waals surface area contributed by atoms with Gasteiger partial charge in [-0.3, -0.25) is 4.79 Å². The van der Waals surface area contributed by atoms with Crippen LogP contribution in [0.25, 0.3) is 0 Å². The molecule has 2 bridgehead atoms. The molecular formula is C22H33ClN2O. The second kappa shape index (κ2) is 8.31. The van der Waals surface area contributed by atoms with Gasteiger partial charge in [0, 0.05) is 25.0 Å². The van der Waals surface area contributed by atoms with Crippen molar-refractivity contribution in [2.75, 3.05) is 6.54 Å². The fourth-order valence-corrected chi connectivity index (χ4v) is 5.45. The van der Waals surface area contributed by atoms with E-state index in [-0.39, 0.29) is 18.4 Å². The normalized spacial score (nSPS) is 33.6. The molecule has 0 aliphatic carbocycles. The molecule has 3 heterocycles. The number of carbonyl (C=O) groups excluding carboxylic acids is 1. The van der Waals surface area contributed by atoms with Crippen LogP contribution in [0.15, 0.2) is 24.3 Å². The van der Waals surface area contributed by atoms with Crippen LogP contribution in [0, 0.1) is 18.8 Å². The van der Waals surface area contributed by atoms with Crippen LogP contribution < -0.4 is 5.32 Å². The number of amides is 1. The van der Waals surface area contributed by atoms with Gasteiger partial charge in [-0.25, -0.2) is 0 Å². The highest BCUT2D eigenvalue weighted by Crippen LogP contribution is 2.38. The Labute approximate surface area is 164 Å². The number of piperidine rings is 2. The number of rotatable bonds is 3. The first kappa shape index (κ1) is 19.7. The first-order chi connectivity index (χ1) is 12.1. The smallest absolute Gasteiger partial charge is 0.223 e. The lowest BCUT2D eigenvalue weighted by Gasteiger charge is -2.41. The molecule has 3 aliphatic heterocycles. The molecule has 3 saturated heterocycles. The van der Waals surface area contributed by atoms with Gasteiger partial charge in [-0.2, -0.15) is 0 Å². The maximum atomic E-state index is 13.2. The maximum absolute atomic E-state index is 13.2. The Balaban J connectivity index is 0.00000196. The standard InChI is InChI=1S/C22H32N2O.ClH/c1-15-5-7-18(8-6-15)22-16(2)4-3-11-24(22)21(25)14-17-12-19-9-10-20(13-17)23-19;/h5-8,16-17,19-20,22-23H,3-4,9-14H2,1-2H3;1H. The molecule has 0 saturated carbocycles. The lowest BCUT2D eigenvalue weighted by molar-refractivity contribution is -0.137. The summed E-state index contributed by atoms with van der Waals surface area (Å²) in [7, 11) is 0. The van der Waals surface area contributed by atoms with E-state index in [2.05, 4.69) is 48.3 Å². The molecule has 4 heteroatoms. The summed E-state index contributed by atoms with van der Waals surface area (Å²) < 4.78 is 0. The zero-order valence-corrected chi connectivity index (χ0v) is 16.9. The van der Waals surface area contributed by atoms with Crippen molar-refractivity contribution in [1.82, 2.24) is 10.2 Å². The predicted octanol–water partition coefficient (Wildman–Crippen LogP) is 4.64. The largest absolute Gasteiger partial charge is 0.335 e. The molecule has 1 amide bonds. The van der Waals surface area contributed by atoms with Crippen LogP contribution in [-0.4, -0.2) is 29.4 Å². The van der Waals surface area contributed by atoms with Crippen molar-refractivity contribution < 1.29 is 4.79 Å². The highest BCUT2D eigenvalue weighted by Gasteiger charge is 2.37. The van der Waals surface area contributed by atoms with Gasteiger partial charge in [0.1, 0.15) is 0 Å². The van der Waals surface area contributed by atoms with Crippen LogP contribution in [0.4, 0.5) is 0 Å². The molecule has 4 unspecified atom stereocenters. The fourth-order valence-electron chi connectivity index (χ4n) is 5.45. The van der Waals surface area contributed by atoms with E-state index in [9.17, 15) is 4.79 Å². The fraction of sp³-hybridized carbons (Fsp3) is 0.682. The number of benzene rings is 1. The van der Waals surface area contributed by atoms with Crippen molar-refractivity contribution in [3.05, 3.63) is 35.4 Å². The summed E-state index contributed by atoms with van der Waals surface area (Å²) in [6, 6.07) is 10.4. The Morgan fingerprint density at radius 1 is 1.12 bits per heavy atom. The van der Waals surface area contributed by atoms with Crippen LogP contribution >= 0.6 is 12.4 Å². The molecule has 0 spiro atoms. The second-order valence-corrected chi connectivity index (χ2v) is 8.74. The van der Waals surface area contributed by atoms with Crippen LogP contribution in [0.3, 0.4) is 0 Å². The quantitative estimate of drug-likeness (QED) is 0.833. The monoisotopic (exact) mass is 376 g/mol. The minimum Gasteiger partial charge on any atom is -0.335 e. The molecule has 3 fully saturated rings. The van der Waals surface area contributed by atoms with Gasteiger partial charge in [-0.15, -0.1) is 12.4 Å². The van der Waals surface area contributed by atoms with Crippen LogP contribution in [0.5, 0.6) is 0 Å². The molecule has 4 atom stereocenters. The predicted molar refractivity (Wildman–Crippen MR) is 109 cm³/mol. The van der Waals surface area contributed by atoms with E-state index in [0.717, 1.165) is 19.4 Å². The zero-order chi connectivity index (χ0) is 17.4. The van der Waals surface area contributed by atoms with Crippen molar-refractivity contribution in [2.45, 2.75) is 76.9 Å². The highest BCUT2D eigenvalue weighted by molar-refractivity contribution is 5.85. The van der Waals surface area contributed by atoms with Gasteiger partial charge in [0.25, 0.3) is 0 Å². The van der Waals surface area contributed by atoms with Gasteiger partial charge in [0.2, 0.25) is 5.91 Å². The van der Waals surface area contributed by atoms with Crippen molar-refractivity contribution in [2.24, 2.45) is 11.8 Å². The van der Waals surface area contributed by atoms with Gasteiger partial charge in [0.15, 0.2) is 0 Å². The number of nitrogens with zero attached hydrogens (tertiary/aromatic N) is 1. The van der Waals surface area contributed by atoms with Gasteiger partial charge >= 0.3 is 0 Å². The molecule has 1 N–H and O–H groups in total. The highest BCUT2D eigenvalue weighted by atomic mass is 35.5. The van der Waals surface area contributed by atoms with E-state index in [0.29, 0.717) is 29.8 Å². The number of halogens is 1. The molecule has 1 aromatic carbocycles. The molecule has 1 aromatic rings. The van der Waals surface area contributed by atoms with Crippen molar-refractivity contribution >= 4 is 18.3 Å². The molecule has 0 aromatic heterocycles. The van der Waals surface area contributed by atoms with Crippen LogP contribution in [0.2, 0.25) is 0 Å². The minimum absolute atomic E-state index is 0. The SMILES string of the molecule is Cc1ccc(C2C(C)CCCN2C(=O)CC2CC3CCC(C2)N3)cc1.Cl. The molecule has 144 valence electrons. The Kier molecular flexibility index (Phi) is 6.29. The molecule has 0 radical (unpaired) electrons. The van der Waals surface area contributed by atoms with Gasteiger partial charge < -0.3 is 10.2 Å². The van der Waals surface area contributed by atoms with Crippen molar-refractivity contribution in [3.63, 3.8) is 0 Å². The van der Waals surface area contributed by atoms with E-state index < -0.39 is 0 Å². The van der Waals surface area contributed by atoms with Gasteiger partial charge in [-0.05, 0) is 62.8 Å². The summed E-state index contributed by atoms with van der Waals surface area (Å²) in [4.78, 5) is 15.4. The van der Waals surface area contributed by atoms with Gasteiger partial charge in [0.05, 0.1) is 6.04 Å². The average Bonchev–Trinajstić information content (AvgIpc) is 2.94. The number of hydrogen-bond acceptors (Lipinski definition) is 2. The second-order valence-electron chi connectivity index (χ2n) is 8.74. The number of aryl methyl sites for hydroxylation is 1. The summed E-state index contributed by atoms with van der Waals surface area (Å²) >= 11 is 0. The van der Waals surface area contributed by atoms with Crippen LogP contribution in [0.1, 0.15) is 69.0 Å². The first-order valence-corrected chi connectivity index (χ1v) is 10.2. The Hall–Kier alpha value is -1.06. The number of likely N-dealkylation sites (tertiary alicyclic amines) is 1. The molecule has 3 nitrogen and oxygen atoms in total. The van der Waals surface area contributed by atoms with Crippen LogP contribution in [-0.2, 0) is 4.79 Å². The average molecular weight is 377 g/mol. The minimum atomic E-state index is 0. The van der Waals surface area contributed by atoms with E-state index in [1.54, 1.807) is 0 Å². The summed E-state index contributed by atoms with van der Waals surface area (Å²) in [5, 5.41) is 3.70. The Morgan fingerprint density at radius 2 is 1.77 bits per heavy atom. The number of fused-ring (bicyclic) bond motifs is 2. The van der Waals surface area contributed by atoms with E-state index in [1.165, 1.54) is 43.2 Å². The molecule has 3 aliphatic rings. The maximum Gasteiger partial charge on any atom is 0.223 e. The van der Waals surface area contributed by atoms with E-state index in [1.807, 2.05) is 0 Å². The lowest BCUT2D eigenvalue weighted by Crippen LogP contribution is -2.44. The summed E-state index contributed by atoms with van der Waals surface area (Å²) in [5.41, 5.74) is 2.60. The lowest BCUT2D eigenvalue weighted by atomic mass is 9.84. The summed E-state index contributed by atoms with van der Waals surface area (Å²) in [6.45, 7) is 5.37. The zero-order valence-electron chi connectivity index (χ0n) is 16.1. The molecule has 4 rings (SSSR count). The first-order valence-electron chi connectivity index (χ1n) is 10.2.